The van der Waals surface area contributed by atoms with E-state index in [1.807, 2.05) is 42.5 Å². The number of benzene rings is 2. The van der Waals surface area contributed by atoms with E-state index in [-0.39, 0.29) is 17.5 Å². The van der Waals surface area contributed by atoms with Gasteiger partial charge in [-0.1, -0.05) is 30.3 Å². The summed E-state index contributed by atoms with van der Waals surface area (Å²) in [4.78, 5) is 4.94. The van der Waals surface area contributed by atoms with Crippen LogP contribution in [0.3, 0.4) is 0 Å². The van der Waals surface area contributed by atoms with E-state index in [0.29, 0.717) is 30.2 Å². The summed E-state index contributed by atoms with van der Waals surface area (Å²) in [5, 5.41) is 4.20. The van der Waals surface area contributed by atoms with E-state index < -0.39 is 9.84 Å². The van der Waals surface area contributed by atoms with Crippen molar-refractivity contribution in [1.29, 1.82) is 0 Å². The number of nitrogens with zero attached hydrogens (tertiary/aromatic N) is 1. The molecule has 1 aliphatic heterocycles. The lowest BCUT2D eigenvalue weighted by Crippen LogP contribution is -2.29. The summed E-state index contributed by atoms with van der Waals surface area (Å²) in [6.07, 6.45) is 0.623. The predicted molar refractivity (Wildman–Crippen MR) is 121 cm³/mol. The van der Waals surface area contributed by atoms with Crippen LogP contribution >= 0.6 is 0 Å². The summed E-state index contributed by atoms with van der Waals surface area (Å²) in [5.74, 6) is 2.00. The summed E-state index contributed by atoms with van der Waals surface area (Å²) < 4.78 is 40.3. The molecule has 1 saturated heterocycles. The van der Waals surface area contributed by atoms with Gasteiger partial charge in [0.15, 0.2) is 21.3 Å². The van der Waals surface area contributed by atoms with Gasteiger partial charge in [-0.05, 0) is 18.1 Å². The Hall–Kier alpha value is -2.84. The fourth-order valence-corrected chi connectivity index (χ4v) is 5.73. The molecule has 1 atom stereocenters. The van der Waals surface area contributed by atoms with Gasteiger partial charge in [-0.3, -0.25) is 0 Å². The van der Waals surface area contributed by atoms with Crippen molar-refractivity contribution in [3.63, 3.8) is 0 Å². The molecule has 1 fully saturated rings. The number of aromatic nitrogens is 1. The van der Waals surface area contributed by atoms with Gasteiger partial charge >= 0.3 is 0 Å². The van der Waals surface area contributed by atoms with Crippen molar-refractivity contribution in [2.24, 2.45) is 0 Å². The fourth-order valence-electron chi connectivity index (χ4n) is 4.02. The molecule has 0 amide bonds. The fraction of sp³-hybridized carbons (Fsp3) is 0.348. The predicted octanol–water partition coefficient (Wildman–Crippen LogP) is 3.20. The molecule has 1 aliphatic rings. The lowest BCUT2D eigenvalue weighted by Gasteiger charge is -2.18. The number of hydrogen-bond donors (Lipinski definition) is 1. The summed E-state index contributed by atoms with van der Waals surface area (Å²) in [7, 11) is 1.78. The molecule has 0 saturated carbocycles. The molecule has 1 aromatic heterocycles. The molecule has 31 heavy (non-hydrogen) atoms. The third-order valence-electron chi connectivity index (χ3n) is 5.56. The molecule has 7 nitrogen and oxygen atoms in total. The van der Waals surface area contributed by atoms with Gasteiger partial charge in [-0.25, -0.2) is 13.4 Å². The number of sulfone groups is 1. The second-order valence-electron chi connectivity index (χ2n) is 7.55. The Labute approximate surface area is 182 Å². The average Bonchev–Trinajstić information content (AvgIpc) is 3.14. The molecule has 0 radical (unpaired) electrons. The van der Waals surface area contributed by atoms with Gasteiger partial charge in [0.2, 0.25) is 5.75 Å². The van der Waals surface area contributed by atoms with Gasteiger partial charge in [0.1, 0.15) is 0 Å². The standard InChI is InChI=1S/C23H26N2O5S/c1-28-20-12-19-18(22(29-2)23(20)30-3)11-16(13-24-17-9-10-31(26,27)14-17)21(25-19)15-7-5-4-6-8-15/h4-8,11-12,17,24H,9-10,13-14H2,1-3H3. The van der Waals surface area contributed by atoms with Gasteiger partial charge in [-0.2, -0.15) is 0 Å². The Balaban J connectivity index is 1.83. The number of hydrogen-bond acceptors (Lipinski definition) is 7. The molecule has 3 aromatic rings. The number of nitrogens with one attached hydrogen (secondary N) is 1. The van der Waals surface area contributed by atoms with E-state index in [4.69, 9.17) is 19.2 Å². The minimum atomic E-state index is -2.95. The van der Waals surface area contributed by atoms with Crippen LogP contribution in [0.4, 0.5) is 0 Å². The third-order valence-corrected chi connectivity index (χ3v) is 7.33. The normalized spacial score (nSPS) is 17.6. The summed E-state index contributed by atoms with van der Waals surface area (Å²) >= 11 is 0. The zero-order valence-electron chi connectivity index (χ0n) is 17.8. The monoisotopic (exact) mass is 442 g/mol. The lowest BCUT2D eigenvalue weighted by molar-refractivity contribution is 0.327. The molecule has 1 unspecified atom stereocenters. The molecular formula is C23H26N2O5S. The molecule has 0 bridgehead atoms. The zero-order valence-corrected chi connectivity index (χ0v) is 18.7. The van der Waals surface area contributed by atoms with Gasteiger partial charge < -0.3 is 19.5 Å². The summed E-state index contributed by atoms with van der Waals surface area (Å²) in [5.41, 5.74) is 3.48. The number of fused-ring (bicyclic) bond motifs is 1. The molecular weight excluding hydrogens is 416 g/mol. The number of pyridine rings is 1. The van der Waals surface area contributed by atoms with Gasteiger partial charge in [-0.15, -0.1) is 0 Å². The molecule has 0 spiro atoms. The first kappa shape index (κ1) is 21.4. The second-order valence-corrected chi connectivity index (χ2v) is 9.78. The van der Waals surface area contributed by atoms with Crippen LogP contribution in [0.25, 0.3) is 22.2 Å². The van der Waals surface area contributed by atoms with E-state index in [1.165, 1.54) is 0 Å². The first-order valence-electron chi connectivity index (χ1n) is 10.1. The van der Waals surface area contributed by atoms with Gasteiger partial charge in [0, 0.05) is 29.6 Å². The Morgan fingerprint density at radius 2 is 1.77 bits per heavy atom. The van der Waals surface area contributed by atoms with E-state index in [9.17, 15) is 8.42 Å². The lowest BCUT2D eigenvalue weighted by atomic mass is 10.0. The molecule has 4 rings (SSSR count). The van der Waals surface area contributed by atoms with Crippen LogP contribution in [0.15, 0.2) is 42.5 Å². The molecule has 0 aliphatic carbocycles. The minimum Gasteiger partial charge on any atom is -0.493 e. The van der Waals surface area contributed by atoms with Crippen LogP contribution in [-0.2, 0) is 16.4 Å². The van der Waals surface area contributed by atoms with Crippen LogP contribution in [0.5, 0.6) is 17.2 Å². The molecule has 2 heterocycles. The Morgan fingerprint density at radius 1 is 1.03 bits per heavy atom. The Kier molecular flexibility index (Phi) is 6.02. The Bertz CT molecular complexity index is 1200. The summed E-state index contributed by atoms with van der Waals surface area (Å²) in [6, 6.07) is 13.7. The highest BCUT2D eigenvalue weighted by molar-refractivity contribution is 7.91. The first-order chi connectivity index (χ1) is 15.0. The number of rotatable bonds is 7. The van der Waals surface area contributed by atoms with E-state index >= 15 is 0 Å². The maximum Gasteiger partial charge on any atom is 0.204 e. The van der Waals surface area contributed by atoms with Crippen LogP contribution in [0, 0.1) is 0 Å². The van der Waals surface area contributed by atoms with Crippen molar-refractivity contribution in [3.8, 4) is 28.5 Å². The average molecular weight is 443 g/mol. The second kappa shape index (κ2) is 8.72. The highest BCUT2D eigenvalue weighted by atomic mass is 32.2. The zero-order chi connectivity index (χ0) is 22.0. The number of methoxy groups -OCH3 is 3. The van der Waals surface area contributed by atoms with Crippen molar-refractivity contribution in [3.05, 3.63) is 48.0 Å². The van der Waals surface area contributed by atoms with Crippen LogP contribution in [0.1, 0.15) is 12.0 Å². The van der Waals surface area contributed by atoms with E-state index in [0.717, 1.165) is 27.7 Å². The van der Waals surface area contributed by atoms with Crippen molar-refractivity contribution in [2.45, 2.75) is 19.0 Å². The van der Waals surface area contributed by atoms with Gasteiger partial charge in [0.05, 0.1) is 44.0 Å². The molecule has 8 heteroatoms. The van der Waals surface area contributed by atoms with Crippen LogP contribution < -0.4 is 19.5 Å². The largest absolute Gasteiger partial charge is 0.493 e. The summed E-state index contributed by atoms with van der Waals surface area (Å²) in [6.45, 7) is 0.491. The first-order valence-corrected chi connectivity index (χ1v) is 11.9. The minimum absolute atomic E-state index is 0.0587. The Morgan fingerprint density at radius 3 is 2.39 bits per heavy atom. The van der Waals surface area contributed by atoms with Crippen molar-refractivity contribution in [2.75, 3.05) is 32.8 Å². The third kappa shape index (κ3) is 4.31. The quantitative estimate of drug-likeness (QED) is 0.601. The SMILES string of the molecule is COc1cc2nc(-c3ccccc3)c(CNC3CCS(=O)(=O)C3)cc2c(OC)c1OC. The van der Waals surface area contributed by atoms with E-state index in [1.54, 1.807) is 21.3 Å². The smallest absolute Gasteiger partial charge is 0.204 e. The highest BCUT2D eigenvalue weighted by Crippen LogP contribution is 2.44. The highest BCUT2D eigenvalue weighted by Gasteiger charge is 2.28. The van der Waals surface area contributed by atoms with E-state index in [2.05, 4.69) is 5.32 Å². The molecule has 1 N–H and O–H groups in total. The van der Waals surface area contributed by atoms with Crippen molar-refractivity contribution >= 4 is 20.7 Å². The van der Waals surface area contributed by atoms with Crippen LogP contribution in [0.2, 0.25) is 0 Å². The van der Waals surface area contributed by atoms with Crippen molar-refractivity contribution < 1.29 is 22.6 Å². The molecule has 164 valence electrons. The maximum absolute atomic E-state index is 11.8. The maximum atomic E-state index is 11.8. The topological polar surface area (TPSA) is 86.8 Å². The van der Waals surface area contributed by atoms with Crippen molar-refractivity contribution in [1.82, 2.24) is 10.3 Å². The number of ether oxygens (including phenoxy) is 3. The van der Waals surface area contributed by atoms with Crippen LogP contribution in [-0.4, -0.2) is 52.3 Å². The molecule has 2 aromatic carbocycles. The van der Waals surface area contributed by atoms with Gasteiger partial charge in [0.25, 0.3) is 0 Å².